The second-order valence-electron chi connectivity index (χ2n) is 4.10. The van der Waals surface area contributed by atoms with E-state index < -0.39 is 4.92 Å². The van der Waals surface area contributed by atoms with Gasteiger partial charge in [-0.05, 0) is 12.1 Å². The van der Waals surface area contributed by atoms with Crippen molar-refractivity contribution in [3.05, 3.63) is 38.3 Å². The molecule has 18 heavy (non-hydrogen) atoms. The van der Waals surface area contributed by atoms with Gasteiger partial charge >= 0.3 is 0 Å². The van der Waals surface area contributed by atoms with Crippen molar-refractivity contribution >= 4 is 33.2 Å². The van der Waals surface area contributed by atoms with E-state index in [2.05, 4.69) is 26.1 Å². The summed E-state index contributed by atoms with van der Waals surface area (Å²) in [6, 6.07) is 4.89. The predicted octanol–water partition coefficient (Wildman–Crippen LogP) is 2.46. The van der Waals surface area contributed by atoms with Crippen molar-refractivity contribution < 1.29 is 4.92 Å². The number of hydrogen-bond acceptors (Lipinski definition) is 5. The highest BCUT2D eigenvalue weighted by Crippen LogP contribution is 2.28. The SMILES string of the molecule is CC1CC(N)=NN=C1c1ccc(Br)cc1[N+](=O)[O-]. The van der Waals surface area contributed by atoms with Crippen LogP contribution in [0.25, 0.3) is 0 Å². The van der Waals surface area contributed by atoms with Crippen LogP contribution in [0.15, 0.2) is 32.9 Å². The van der Waals surface area contributed by atoms with Crippen LogP contribution in [0.3, 0.4) is 0 Å². The second kappa shape index (κ2) is 4.85. The molecule has 0 spiro atoms. The van der Waals surface area contributed by atoms with Gasteiger partial charge in [-0.3, -0.25) is 10.1 Å². The summed E-state index contributed by atoms with van der Waals surface area (Å²) in [7, 11) is 0. The molecule has 6 nitrogen and oxygen atoms in total. The summed E-state index contributed by atoms with van der Waals surface area (Å²) in [6.45, 7) is 1.92. The van der Waals surface area contributed by atoms with Crippen LogP contribution in [0.1, 0.15) is 18.9 Å². The van der Waals surface area contributed by atoms with Gasteiger partial charge in [0.1, 0.15) is 5.84 Å². The first-order chi connectivity index (χ1) is 8.49. The third-order valence-corrected chi connectivity index (χ3v) is 3.19. The molecule has 7 heteroatoms. The zero-order valence-corrected chi connectivity index (χ0v) is 11.2. The smallest absolute Gasteiger partial charge is 0.279 e. The van der Waals surface area contributed by atoms with Crippen LogP contribution in [0.5, 0.6) is 0 Å². The lowest BCUT2D eigenvalue weighted by molar-refractivity contribution is -0.385. The van der Waals surface area contributed by atoms with Crippen LogP contribution in [-0.2, 0) is 0 Å². The highest BCUT2D eigenvalue weighted by atomic mass is 79.9. The maximum absolute atomic E-state index is 11.1. The Morgan fingerprint density at radius 1 is 1.50 bits per heavy atom. The zero-order valence-electron chi connectivity index (χ0n) is 9.63. The molecule has 0 aliphatic carbocycles. The van der Waals surface area contributed by atoms with Crippen molar-refractivity contribution in [1.82, 2.24) is 0 Å². The van der Waals surface area contributed by atoms with Gasteiger partial charge in [0.05, 0.1) is 16.2 Å². The van der Waals surface area contributed by atoms with Crippen LogP contribution < -0.4 is 5.73 Å². The number of hydrogen-bond donors (Lipinski definition) is 1. The minimum absolute atomic E-state index is 0.0161. The quantitative estimate of drug-likeness (QED) is 0.671. The van der Waals surface area contributed by atoms with E-state index in [-0.39, 0.29) is 11.6 Å². The fourth-order valence-corrected chi connectivity index (χ4v) is 2.21. The Bertz CT molecular complexity index is 568. The fraction of sp³-hybridized carbons (Fsp3) is 0.273. The molecule has 1 aromatic carbocycles. The van der Waals surface area contributed by atoms with Crippen molar-refractivity contribution in [2.75, 3.05) is 0 Å². The largest absolute Gasteiger partial charge is 0.386 e. The van der Waals surface area contributed by atoms with Crippen LogP contribution in [0.2, 0.25) is 0 Å². The molecule has 0 saturated carbocycles. The Balaban J connectivity index is 2.55. The molecule has 0 amide bonds. The molecule has 2 rings (SSSR count). The number of benzene rings is 1. The van der Waals surface area contributed by atoms with Gasteiger partial charge in [0.2, 0.25) is 0 Å². The number of nitro benzene ring substituents is 1. The Kier molecular flexibility index (Phi) is 3.42. The number of nitrogens with two attached hydrogens (primary N) is 1. The van der Waals surface area contributed by atoms with E-state index in [0.29, 0.717) is 28.0 Å². The van der Waals surface area contributed by atoms with E-state index in [4.69, 9.17) is 5.73 Å². The molecule has 0 fully saturated rings. The van der Waals surface area contributed by atoms with Crippen LogP contribution in [0.4, 0.5) is 5.69 Å². The van der Waals surface area contributed by atoms with E-state index in [1.165, 1.54) is 6.07 Å². The molecule has 0 saturated heterocycles. The summed E-state index contributed by atoms with van der Waals surface area (Å²) < 4.78 is 0.657. The molecule has 1 heterocycles. The molecule has 0 radical (unpaired) electrons. The molecule has 0 bridgehead atoms. The summed E-state index contributed by atoms with van der Waals surface area (Å²) in [5, 5.41) is 18.9. The molecule has 1 unspecified atom stereocenters. The number of nitro groups is 1. The van der Waals surface area contributed by atoms with Crippen molar-refractivity contribution in [2.24, 2.45) is 21.9 Å². The van der Waals surface area contributed by atoms with Gasteiger partial charge in [0.25, 0.3) is 5.69 Å². The van der Waals surface area contributed by atoms with E-state index >= 15 is 0 Å². The van der Waals surface area contributed by atoms with E-state index in [9.17, 15) is 10.1 Å². The van der Waals surface area contributed by atoms with Gasteiger partial charge in [-0.25, -0.2) is 0 Å². The summed E-state index contributed by atoms with van der Waals surface area (Å²) in [5.74, 6) is 0.466. The Morgan fingerprint density at radius 3 is 2.83 bits per heavy atom. The van der Waals surface area contributed by atoms with Gasteiger partial charge in [-0.15, -0.1) is 5.10 Å². The van der Waals surface area contributed by atoms with Crippen molar-refractivity contribution in [2.45, 2.75) is 13.3 Å². The second-order valence-corrected chi connectivity index (χ2v) is 5.02. The maximum Gasteiger partial charge on any atom is 0.279 e. The first-order valence-corrected chi connectivity index (χ1v) is 6.12. The fourth-order valence-electron chi connectivity index (χ4n) is 1.86. The van der Waals surface area contributed by atoms with Crippen LogP contribution in [0, 0.1) is 16.0 Å². The van der Waals surface area contributed by atoms with Gasteiger partial charge in [-0.2, -0.15) is 5.10 Å². The average Bonchev–Trinajstić information content (AvgIpc) is 2.29. The van der Waals surface area contributed by atoms with Gasteiger partial charge in [0.15, 0.2) is 0 Å². The number of halogens is 1. The number of nitrogens with zero attached hydrogens (tertiary/aromatic N) is 3. The van der Waals surface area contributed by atoms with E-state index in [1.807, 2.05) is 6.92 Å². The predicted molar refractivity (Wildman–Crippen MR) is 72.7 cm³/mol. The highest BCUT2D eigenvalue weighted by Gasteiger charge is 2.25. The third-order valence-electron chi connectivity index (χ3n) is 2.70. The Hall–Kier alpha value is -1.76. The monoisotopic (exact) mass is 310 g/mol. The third kappa shape index (κ3) is 2.40. The molecule has 2 N–H and O–H groups in total. The first-order valence-electron chi connectivity index (χ1n) is 5.33. The highest BCUT2D eigenvalue weighted by molar-refractivity contribution is 9.10. The summed E-state index contributed by atoms with van der Waals surface area (Å²) in [5.41, 5.74) is 6.70. The summed E-state index contributed by atoms with van der Waals surface area (Å²) in [6.07, 6.45) is 0.562. The Labute approximate surface area is 112 Å². The van der Waals surface area contributed by atoms with Gasteiger partial charge in [-0.1, -0.05) is 22.9 Å². The molecule has 94 valence electrons. The summed E-state index contributed by atoms with van der Waals surface area (Å²) >= 11 is 3.22. The molecular weight excluding hydrogens is 300 g/mol. The van der Waals surface area contributed by atoms with Gasteiger partial charge in [0, 0.05) is 22.9 Å². The standard InChI is InChI=1S/C11H11BrN4O2/c1-6-4-10(13)14-15-11(6)8-3-2-7(12)5-9(8)16(17)18/h2-3,5-6H,4H2,1H3,(H2,13,14). The average molecular weight is 311 g/mol. The minimum Gasteiger partial charge on any atom is -0.386 e. The molecule has 1 aliphatic rings. The topological polar surface area (TPSA) is 93.9 Å². The molecule has 1 aliphatic heterocycles. The lowest BCUT2D eigenvalue weighted by Crippen LogP contribution is -2.25. The van der Waals surface area contributed by atoms with Crippen molar-refractivity contribution in [1.29, 1.82) is 0 Å². The molecule has 1 atom stereocenters. The van der Waals surface area contributed by atoms with Crippen molar-refractivity contribution in [3.8, 4) is 0 Å². The number of amidine groups is 1. The minimum atomic E-state index is -0.420. The van der Waals surface area contributed by atoms with Crippen LogP contribution in [-0.4, -0.2) is 16.5 Å². The number of rotatable bonds is 2. The van der Waals surface area contributed by atoms with Crippen molar-refractivity contribution in [3.63, 3.8) is 0 Å². The summed E-state index contributed by atoms with van der Waals surface area (Å²) in [4.78, 5) is 10.6. The van der Waals surface area contributed by atoms with E-state index in [0.717, 1.165) is 0 Å². The Morgan fingerprint density at radius 2 is 2.22 bits per heavy atom. The van der Waals surface area contributed by atoms with Crippen LogP contribution >= 0.6 is 15.9 Å². The maximum atomic E-state index is 11.1. The molecule has 1 aromatic rings. The molecular formula is C11H11BrN4O2. The normalized spacial score (nSPS) is 19.1. The lowest BCUT2D eigenvalue weighted by atomic mass is 9.93. The first kappa shape index (κ1) is 12.7. The van der Waals surface area contributed by atoms with Gasteiger partial charge < -0.3 is 5.73 Å². The molecule has 0 aromatic heterocycles. The lowest BCUT2D eigenvalue weighted by Gasteiger charge is -2.17. The van der Waals surface area contributed by atoms with E-state index in [1.54, 1.807) is 12.1 Å². The zero-order chi connectivity index (χ0) is 13.3.